The van der Waals surface area contributed by atoms with E-state index in [-0.39, 0.29) is 18.1 Å². The topological polar surface area (TPSA) is 66.1 Å². The molecule has 3 aromatic rings. The van der Waals surface area contributed by atoms with Crippen LogP contribution in [0.4, 0.5) is 8.78 Å². The second kappa shape index (κ2) is 9.18. The number of hydrogen-bond acceptors (Lipinski definition) is 6. The molecule has 6 nitrogen and oxygen atoms in total. The van der Waals surface area contributed by atoms with Gasteiger partial charge in [-0.05, 0) is 42.5 Å². The molecule has 9 heteroatoms. The average Bonchev–Trinajstić information content (AvgIpc) is 3.15. The molecule has 0 N–H and O–H groups in total. The van der Waals surface area contributed by atoms with Crippen LogP contribution in [0.15, 0.2) is 58.2 Å². The standard InChI is InChI=1S/C19H15ClF2N2O4/c1-25-16-8-12(2-7-15(16)28-19(21)22)9-24-26-11-18-23-10-17(27-18)13-3-5-14(20)6-4-13/h2-10,19H,11H2,1H3/b24-9+. The van der Waals surface area contributed by atoms with Crippen molar-refractivity contribution >= 4 is 17.8 Å². The third kappa shape index (κ3) is 5.20. The first-order valence-corrected chi connectivity index (χ1v) is 8.42. The van der Waals surface area contributed by atoms with Crippen LogP contribution in [0.5, 0.6) is 11.5 Å². The first-order chi connectivity index (χ1) is 13.5. The van der Waals surface area contributed by atoms with Crippen LogP contribution in [0.3, 0.4) is 0 Å². The fourth-order valence-electron chi connectivity index (χ4n) is 2.27. The molecule has 2 aromatic carbocycles. The Hall–Kier alpha value is -3.13. The molecule has 3 rings (SSSR count). The largest absolute Gasteiger partial charge is 0.493 e. The van der Waals surface area contributed by atoms with Gasteiger partial charge in [-0.2, -0.15) is 8.78 Å². The molecule has 0 aliphatic heterocycles. The van der Waals surface area contributed by atoms with Crippen LogP contribution in [-0.2, 0) is 11.4 Å². The van der Waals surface area contributed by atoms with E-state index in [1.807, 2.05) is 12.1 Å². The molecule has 0 aliphatic rings. The molecule has 0 fully saturated rings. The molecule has 0 radical (unpaired) electrons. The van der Waals surface area contributed by atoms with Crippen molar-refractivity contribution in [3.8, 4) is 22.8 Å². The molecule has 0 spiro atoms. The van der Waals surface area contributed by atoms with Gasteiger partial charge >= 0.3 is 6.61 Å². The second-order valence-electron chi connectivity index (χ2n) is 5.42. The lowest BCUT2D eigenvalue weighted by Crippen LogP contribution is -2.03. The molecule has 0 saturated carbocycles. The molecule has 28 heavy (non-hydrogen) atoms. The maximum Gasteiger partial charge on any atom is 0.387 e. The highest BCUT2D eigenvalue weighted by atomic mass is 35.5. The van der Waals surface area contributed by atoms with E-state index in [9.17, 15) is 8.78 Å². The van der Waals surface area contributed by atoms with Crippen molar-refractivity contribution < 1.29 is 27.5 Å². The summed E-state index contributed by atoms with van der Waals surface area (Å²) in [6.45, 7) is -2.91. The van der Waals surface area contributed by atoms with Gasteiger partial charge in [0.2, 0.25) is 5.89 Å². The quantitative estimate of drug-likeness (QED) is 0.380. The molecule has 1 heterocycles. The summed E-state index contributed by atoms with van der Waals surface area (Å²) in [4.78, 5) is 9.28. The number of alkyl halides is 2. The lowest BCUT2D eigenvalue weighted by molar-refractivity contribution is -0.0512. The van der Waals surface area contributed by atoms with Crippen LogP contribution in [0.2, 0.25) is 5.02 Å². The van der Waals surface area contributed by atoms with Crippen LogP contribution >= 0.6 is 11.6 Å². The lowest BCUT2D eigenvalue weighted by Gasteiger charge is -2.09. The Balaban J connectivity index is 1.57. The molecule has 0 atom stereocenters. The monoisotopic (exact) mass is 408 g/mol. The van der Waals surface area contributed by atoms with Crippen molar-refractivity contribution in [3.05, 3.63) is 65.1 Å². The summed E-state index contributed by atoms with van der Waals surface area (Å²) >= 11 is 5.86. The van der Waals surface area contributed by atoms with E-state index >= 15 is 0 Å². The van der Waals surface area contributed by atoms with Gasteiger partial charge in [-0.1, -0.05) is 16.8 Å². The van der Waals surface area contributed by atoms with Gasteiger partial charge in [0.1, 0.15) is 0 Å². The minimum atomic E-state index is -2.93. The van der Waals surface area contributed by atoms with Crippen LogP contribution in [-0.4, -0.2) is 24.9 Å². The Morgan fingerprint density at radius 3 is 2.68 bits per heavy atom. The van der Waals surface area contributed by atoms with Gasteiger partial charge in [0.25, 0.3) is 0 Å². The lowest BCUT2D eigenvalue weighted by atomic mass is 10.2. The Morgan fingerprint density at radius 1 is 1.18 bits per heavy atom. The Labute approximate surface area is 164 Å². The van der Waals surface area contributed by atoms with Crippen LogP contribution in [0.25, 0.3) is 11.3 Å². The molecule has 0 saturated heterocycles. The van der Waals surface area contributed by atoms with E-state index in [1.165, 1.54) is 31.5 Å². The number of ether oxygens (including phenoxy) is 2. The molecule has 0 aliphatic carbocycles. The van der Waals surface area contributed by atoms with Crippen molar-refractivity contribution in [2.24, 2.45) is 5.16 Å². The van der Waals surface area contributed by atoms with Crippen molar-refractivity contribution in [3.63, 3.8) is 0 Å². The number of rotatable bonds is 8. The Bertz CT molecular complexity index is 945. The highest BCUT2D eigenvalue weighted by Gasteiger charge is 2.11. The summed E-state index contributed by atoms with van der Waals surface area (Å²) in [5.74, 6) is 1.02. The van der Waals surface area contributed by atoms with Crippen LogP contribution in [0.1, 0.15) is 11.5 Å². The highest BCUT2D eigenvalue weighted by molar-refractivity contribution is 6.30. The number of aromatic nitrogens is 1. The Morgan fingerprint density at radius 2 is 1.96 bits per heavy atom. The van der Waals surface area contributed by atoms with Gasteiger partial charge < -0.3 is 18.7 Å². The number of hydrogen-bond donors (Lipinski definition) is 0. The summed E-state index contributed by atoms with van der Waals surface area (Å²) in [5.41, 5.74) is 1.41. The predicted octanol–water partition coefficient (Wildman–Crippen LogP) is 5.16. The molecule has 0 bridgehead atoms. The van der Waals surface area contributed by atoms with Gasteiger partial charge in [0.15, 0.2) is 23.9 Å². The Kier molecular flexibility index (Phi) is 6.44. The first kappa shape index (κ1) is 19.6. The number of benzene rings is 2. The summed E-state index contributed by atoms with van der Waals surface area (Å²) in [5, 5.41) is 4.44. The maximum atomic E-state index is 12.3. The average molecular weight is 409 g/mol. The van der Waals surface area contributed by atoms with Gasteiger partial charge in [0.05, 0.1) is 19.5 Å². The number of nitrogens with zero attached hydrogens (tertiary/aromatic N) is 2. The highest BCUT2D eigenvalue weighted by Crippen LogP contribution is 2.29. The summed E-state index contributed by atoms with van der Waals surface area (Å²) < 4.78 is 39.6. The van der Waals surface area contributed by atoms with Gasteiger partial charge in [-0.25, -0.2) is 4.98 Å². The SMILES string of the molecule is COc1cc(/C=N/OCc2ncc(-c3ccc(Cl)cc3)o2)ccc1OC(F)F. The maximum absolute atomic E-state index is 12.3. The van der Waals surface area contributed by atoms with Crippen molar-refractivity contribution in [2.75, 3.05) is 7.11 Å². The number of oxime groups is 1. The second-order valence-corrected chi connectivity index (χ2v) is 5.86. The molecular weight excluding hydrogens is 394 g/mol. The van der Waals surface area contributed by atoms with E-state index in [2.05, 4.69) is 14.9 Å². The summed E-state index contributed by atoms with van der Waals surface area (Å²) in [6.07, 6.45) is 2.98. The van der Waals surface area contributed by atoms with Crippen LogP contribution < -0.4 is 9.47 Å². The zero-order chi connectivity index (χ0) is 19.9. The van der Waals surface area contributed by atoms with Gasteiger partial charge in [-0.15, -0.1) is 0 Å². The van der Waals surface area contributed by atoms with E-state index in [1.54, 1.807) is 18.3 Å². The van der Waals surface area contributed by atoms with E-state index in [0.29, 0.717) is 22.2 Å². The number of methoxy groups -OCH3 is 1. The van der Waals surface area contributed by atoms with Gasteiger partial charge in [0, 0.05) is 16.1 Å². The number of oxazole rings is 1. The van der Waals surface area contributed by atoms with E-state index < -0.39 is 6.61 Å². The molecule has 146 valence electrons. The van der Waals surface area contributed by atoms with Crippen molar-refractivity contribution in [2.45, 2.75) is 13.2 Å². The molecule has 1 aromatic heterocycles. The minimum absolute atomic E-state index is 0.0216. The first-order valence-electron chi connectivity index (χ1n) is 8.04. The zero-order valence-electron chi connectivity index (χ0n) is 14.6. The normalized spacial score (nSPS) is 11.2. The summed E-state index contributed by atoms with van der Waals surface area (Å²) in [7, 11) is 1.35. The molecular formula is C19H15ClF2N2O4. The minimum Gasteiger partial charge on any atom is -0.493 e. The molecule has 0 amide bonds. The third-order valence-electron chi connectivity index (χ3n) is 3.55. The van der Waals surface area contributed by atoms with Crippen molar-refractivity contribution in [1.29, 1.82) is 0 Å². The fraction of sp³-hybridized carbons (Fsp3) is 0.158. The third-order valence-corrected chi connectivity index (χ3v) is 3.80. The van der Waals surface area contributed by atoms with Crippen LogP contribution in [0, 0.1) is 0 Å². The number of halogens is 3. The smallest absolute Gasteiger partial charge is 0.387 e. The predicted molar refractivity (Wildman–Crippen MR) is 99.0 cm³/mol. The fourth-order valence-corrected chi connectivity index (χ4v) is 2.40. The zero-order valence-corrected chi connectivity index (χ0v) is 15.4. The molecule has 0 unspecified atom stereocenters. The van der Waals surface area contributed by atoms with Gasteiger partial charge in [-0.3, -0.25) is 0 Å². The van der Waals surface area contributed by atoms with E-state index in [4.69, 9.17) is 25.6 Å². The van der Waals surface area contributed by atoms with Crippen molar-refractivity contribution in [1.82, 2.24) is 4.98 Å². The van der Waals surface area contributed by atoms with E-state index in [0.717, 1.165) is 5.56 Å². The summed E-state index contributed by atoms with van der Waals surface area (Å²) in [6, 6.07) is 11.5.